The van der Waals surface area contributed by atoms with Gasteiger partial charge in [-0.25, -0.2) is 4.68 Å². The van der Waals surface area contributed by atoms with Gasteiger partial charge < -0.3 is 0 Å². The monoisotopic (exact) mass is 296 g/mol. The first-order valence-electron chi connectivity index (χ1n) is 5.84. The molecular weight excluding hydrogens is 283 g/mol. The van der Waals surface area contributed by atoms with Crippen molar-refractivity contribution in [1.29, 1.82) is 0 Å². The van der Waals surface area contributed by atoms with Gasteiger partial charge in [-0.1, -0.05) is 35.3 Å². The zero-order chi connectivity index (χ0) is 14.2. The fourth-order valence-electron chi connectivity index (χ4n) is 1.78. The second-order valence-corrected chi connectivity index (χ2v) is 6.05. The van der Waals surface area contributed by atoms with Crippen molar-refractivity contribution in [2.24, 2.45) is 0 Å². The summed E-state index contributed by atoms with van der Waals surface area (Å²) < 4.78 is 1.65. The number of aromatic nitrogens is 2. The first kappa shape index (κ1) is 14.1. The minimum atomic E-state index is -0.292. The summed E-state index contributed by atoms with van der Waals surface area (Å²) in [5.74, 6) is 0. The maximum absolute atomic E-state index is 11.3. The molecule has 1 aromatic carbocycles. The molecule has 0 amide bonds. The predicted octanol–water partition coefficient (Wildman–Crippen LogP) is 4.42. The van der Waals surface area contributed by atoms with Gasteiger partial charge in [-0.15, -0.1) is 0 Å². The molecule has 0 fully saturated rings. The molecule has 19 heavy (non-hydrogen) atoms. The van der Waals surface area contributed by atoms with Crippen LogP contribution < -0.4 is 0 Å². The summed E-state index contributed by atoms with van der Waals surface area (Å²) in [6.07, 6.45) is 0.738. The van der Waals surface area contributed by atoms with Gasteiger partial charge in [0.15, 0.2) is 6.29 Å². The van der Waals surface area contributed by atoms with Gasteiger partial charge in [0.25, 0.3) is 0 Å². The number of aldehydes is 1. The Morgan fingerprint density at radius 3 is 2.21 bits per heavy atom. The molecule has 0 spiro atoms. The average Bonchev–Trinajstić information content (AvgIpc) is 2.67. The Balaban J connectivity index is 2.64. The van der Waals surface area contributed by atoms with E-state index in [-0.39, 0.29) is 5.54 Å². The minimum Gasteiger partial charge on any atom is -0.298 e. The fourth-order valence-corrected chi connectivity index (χ4v) is 2.33. The Hall–Kier alpha value is -1.32. The molecule has 2 rings (SSSR count). The Morgan fingerprint density at radius 1 is 1.16 bits per heavy atom. The van der Waals surface area contributed by atoms with Crippen molar-refractivity contribution in [3.8, 4) is 11.3 Å². The maximum atomic E-state index is 11.3. The Labute approximate surface area is 122 Å². The van der Waals surface area contributed by atoms with Crippen LogP contribution in [0.15, 0.2) is 24.3 Å². The van der Waals surface area contributed by atoms with Gasteiger partial charge in [-0.2, -0.15) is 5.10 Å². The number of carbonyl (C=O) groups excluding carboxylic acids is 1. The average molecular weight is 297 g/mol. The molecule has 1 heterocycles. The Bertz CT molecular complexity index is 610. The van der Waals surface area contributed by atoms with Crippen LogP contribution in [0.1, 0.15) is 31.1 Å². The predicted molar refractivity (Wildman–Crippen MR) is 78.1 cm³/mol. The van der Waals surface area contributed by atoms with Crippen LogP contribution in [0.4, 0.5) is 0 Å². The molecule has 0 saturated heterocycles. The van der Waals surface area contributed by atoms with Crippen LogP contribution in [0.3, 0.4) is 0 Å². The van der Waals surface area contributed by atoms with Crippen molar-refractivity contribution in [3.05, 3.63) is 40.0 Å². The lowest BCUT2D eigenvalue weighted by Gasteiger charge is -2.20. The Kier molecular flexibility index (Phi) is 3.70. The van der Waals surface area contributed by atoms with Crippen molar-refractivity contribution in [3.63, 3.8) is 0 Å². The molecule has 0 bridgehead atoms. The second-order valence-electron chi connectivity index (χ2n) is 5.26. The largest absolute Gasteiger partial charge is 0.298 e. The lowest BCUT2D eigenvalue weighted by Crippen LogP contribution is -2.23. The molecule has 0 aliphatic heterocycles. The standard InChI is InChI=1S/C14H14Cl2N2O/c1-14(2,3)18-13(16)11(8-19)12(17-18)9-4-6-10(15)7-5-9/h4-8H,1-3H3. The van der Waals surface area contributed by atoms with Gasteiger partial charge in [-0.3, -0.25) is 4.79 Å². The summed E-state index contributed by atoms with van der Waals surface area (Å²) in [6.45, 7) is 5.93. The SMILES string of the molecule is CC(C)(C)n1nc(-c2ccc(Cl)cc2)c(C=O)c1Cl. The fraction of sp³-hybridized carbons (Fsp3) is 0.286. The van der Waals surface area contributed by atoms with Crippen LogP contribution in [0.5, 0.6) is 0 Å². The van der Waals surface area contributed by atoms with E-state index in [4.69, 9.17) is 23.2 Å². The third-order valence-corrected chi connectivity index (χ3v) is 3.35. The highest BCUT2D eigenvalue weighted by molar-refractivity contribution is 6.32. The number of hydrogen-bond acceptors (Lipinski definition) is 2. The van der Waals surface area contributed by atoms with Crippen LogP contribution in [0, 0.1) is 0 Å². The lowest BCUT2D eigenvalue weighted by atomic mass is 10.1. The molecule has 3 nitrogen and oxygen atoms in total. The number of carbonyl (C=O) groups is 1. The molecule has 5 heteroatoms. The highest BCUT2D eigenvalue weighted by Crippen LogP contribution is 2.31. The molecule has 0 N–H and O–H groups in total. The molecule has 0 atom stereocenters. The van der Waals surface area contributed by atoms with Crippen LogP contribution in [0.2, 0.25) is 10.2 Å². The molecular formula is C14H14Cl2N2O. The number of nitrogens with zero attached hydrogens (tertiary/aromatic N) is 2. The quantitative estimate of drug-likeness (QED) is 0.769. The molecule has 1 aromatic heterocycles. The molecule has 0 radical (unpaired) electrons. The smallest absolute Gasteiger partial charge is 0.155 e. The van der Waals surface area contributed by atoms with Gasteiger partial charge in [0.05, 0.1) is 11.1 Å². The number of halogens is 2. The van der Waals surface area contributed by atoms with E-state index in [0.29, 0.717) is 21.4 Å². The normalized spacial score (nSPS) is 11.6. The molecule has 0 aliphatic rings. The van der Waals surface area contributed by atoms with Gasteiger partial charge in [0.2, 0.25) is 0 Å². The van der Waals surface area contributed by atoms with E-state index in [1.165, 1.54) is 0 Å². The zero-order valence-electron chi connectivity index (χ0n) is 10.9. The summed E-state index contributed by atoms with van der Waals surface area (Å²) in [7, 11) is 0. The molecule has 0 aliphatic carbocycles. The van der Waals surface area contributed by atoms with Crippen molar-refractivity contribution in [1.82, 2.24) is 9.78 Å². The van der Waals surface area contributed by atoms with Crippen LogP contribution in [-0.2, 0) is 5.54 Å². The maximum Gasteiger partial charge on any atom is 0.155 e. The highest BCUT2D eigenvalue weighted by Gasteiger charge is 2.24. The van der Waals surface area contributed by atoms with E-state index >= 15 is 0 Å². The number of benzene rings is 1. The van der Waals surface area contributed by atoms with E-state index in [1.54, 1.807) is 16.8 Å². The van der Waals surface area contributed by atoms with Crippen LogP contribution >= 0.6 is 23.2 Å². The van der Waals surface area contributed by atoms with E-state index in [1.807, 2.05) is 32.9 Å². The zero-order valence-corrected chi connectivity index (χ0v) is 12.5. The Morgan fingerprint density at radius 2 is 1.74 bits per heavy atom. The van der Waals surface area contributed by atoms with Gasteiger partial charge in [-0.05, 0) is 32.9 Å². The van der Waals surface area contributed by atoms with Gasteiger partial charge >= 0.3 is 0 Å². The lowest BCUT2D eigenvalue weighted by molar-refractivity contribution is 0.112. The summed E-state index contributed by atoms with van der Waals surface area (Å²) >= 11 is 12.1. The summed E-state index contributed by atoms with van der Waals surface area (Å²) in [5.41, 5.74) is 1.50. The third kappa shape index (κ3) is 2.67. The van der Waals surface area contributed by atoms with Gasteiger partial charge in [0.1, 0.15) is 10.8 Å². The highest BCUT2D eigenvalue weighted by atomic mass is 35.5. The molecule has 2 aromatic rings. The van der Waals surface area contributed by atoms with E-state index in [0.717, 1.165) is 11.8 Å². The van der Waals surface area contributed by atoms with Gasteiger partial charge in [0, 0.05) is 10.6 Å². The minimum absolute atomic E-state index is 0.292. The second kappa shape index (κ2) is 4.99. The van der Waals surface area contributed by atoms with Crippen LogP contribution in [-0.4, -0.2) is 16.1 Å². The first-order chi connectivity index (χ1) is 8.84. The number of rotatable bonds is 2. The molecule has 0 saturated carbocycles. The molecule has 0 unspecified atom stereocenters. The van der Waals surface area contributed by atoms with E-state index in [9.17, 15) is 4.79 Å². The van der Waals surface area contributed by atoms with Crippen molar-refractivity contribution in [2.75, 3.05) is 0 Å². The third-order valence-electron chi connectivity index (χ3n) is 2.73. The summed E-state index contributed by atoms with van der Waals surface area (Å²) in [4.78, 5) is 11.3. The summed E-state index contributed by atoms with van der Waals surface area (Å²) in [6, 6.07) is 7.16. The number of hydrogen-bond donors (Lipinski definition) is 0. The topological polar surface area (TPSA) is 34.9 Å². The first-order valence-corrected chi connectivity index (χ1v) is 6.60. The van der Waals surface area contributed by atoms with E-state index < -0.39 is 0 Å². The molecule has 100 valence electrons. The van der Waals surface area contributed by atoms with Crippen LogP contribution in [0.25, 0.3) is 11.3 Å². The van der Waals surface area contributed by atoms with Crippen molar-refractivity contribution in [2.45, 2.75) is 26.3 Å². The van der Waals surface area contributed by atoms with E-state index in [2.05, 4.69) is 5.10 Å². The van der Waals surface area contributed by atoms with Crippen molar-refractivity contribution >= 4 is 29.5 Å². The summed E-state index contributed by atoms with van der Waals surface area (Å²) in [5, 5.41) is 5.45. The van der Waals surface area contributed by atoms with Crippen molar-refractivity contribution < 1.29 is 4.79 Å².